The molecule has 0 saturated heterocycles. The Hall–Kier alpha value is -3.60. The van der Waals surface area contributed by atoms with Crippen molar-refractivity contribution in [2.24, 2.45) is 0 Å². The molecule has 0 aliphatic carbocycles. The van der Waals surface area contributed by atoms with Crippen molar-refractivity contribution in [1.29, 1.82) is 0 Å². The third kappa shape index (κ3) is 4.29. The molecule has 0 spiro atoms. The van der Waals surface area contributed by atoms with Gasteiger partial charge in [-0.3, -0.25) is 4.79 Å². The maximum atomic E-state index is 12.9. The van der Waals surface area contributed by atoms with Crippen LogP contribution in [0.25, 0.3) is 11.0 Å². The maximum absolute atomic E-state index is 12.9. The summed E-state index contributed by atoms with van der Waals surface area (Å²) in [6.07, 6.45) is 1.80. The predicted molar refractivity (Wildman–Crippen MR) is 115 cm³/mol. The fourth-order valence-electron chi connectivity index (χ4n) is 3.32. The van der Waals surface area contributed by atoms with E-state index in [1.54, 1.807) is 0 Å². The molecule has 0 aliphatic heterocycles. The van der Waals surface area contributed by atoms with Crippen LogP contribution in [0.4, 0.5) is 5.69 Å². The van der Waals surface area contributed by atoms with E-state index in [4.69, 9.17) is 9.72 Å². The number of rotatable bonds is 7. The molecule has 146 valence electrons. The number of para-hydroxylation sites is 5. The monoisotopic (exact) mass is 385 g/mol. The Morgan fingerprint density at radius 3 is 2.52 bits per heavy atom. The number of imidazole rings is 1. The number of nitrogens with zero attached hydrogens (tertiary/aromatic N) is 2. The van der Waals surface area contributed by atoms with Gasteiger partial charge in [-0.25, -0.2) is 4.98 Å². The second-order valence-electron chi connectivity index (χ2n) is 6.81. The number of benzene rings is 3. The molecule has 4 rings (SSSR count). The first-order valence-electron chi connectivity index (χ1n) is 9.80. The predicted octanol–water partition coefficient (Wildman–Crippen LogP) is 5.42. The van der Waals surface area contributed by atoms with Gasteiger partial charge in [-0.05, 0) is 42.8 Å². The number of nitrogens with one attached hydrogen (secondary N) is 1. The summed E-state index contributed by atoms with van der Waals surface area (Å²) in [5.41, 5.74) is 2.53. The largest absolute Gasteiger partial charge is 0.455 e. The van der Waals surface area contributed by atoms with E-state index >= 15 is 0 Å². The molecular weight excluding hydrogens is 362 g/mol. The van der Waals surface area contributed by atoms with E-state index in [0.717, 1.165) is 35.4 Å². The molecule has 0 fully saturated rings. The SMILES string of the molecule is CCCc1nc2ccccc2n1CC(=O)Nc1ccccc1Oc1ccccc1. The second kappa shape index (κ2) is 8.61. The Morgan fingerprint density at radius 2 is 1.69 bits per heavy atom. The van der Waals surface area contributed by atoms with Crippen molar-refractivity contribution >= 4 is 22.6 Å². The first kappa shape index (κ1) is 18.7. The average Bonchev–Trinajstić information content (AvgIpc) is 3.08. The van der Waals surface area contributed by atoms with Gasteiger partial charge in [-0.15, -0.1) is 0 Å². The van der Waals surface area contributed by atoms with E-state index in [9.17, 15) is 4.79 Å². The Bertz CT molecular complexity index is 1120. The van der Waals surface area contributed by atoms with E-state index in [-0.39, 0.29) is 12.5 Å². The third-order valence-corrected chi connectivity index (χ3v) is 4.64. The Kier molecular flexibility index (Phi) is 5.56. The smallest absolute Gasteiger partial charge is 0.244 e. The highest BCUT2D eigenvalue weighted by molar-refractivity contribution is 5.93. The lowest BCUT2D eigenvalue weighted by molar-refractivity contribution is -0.116. The highest BCUT2D eigenvalue weighted by Gasteiger charge is 2.14. The Morgan fingerprint density at radius 1 is 0.966 bits per heavy atom. The molecule has 5 heteroatoms. The van der Waals surface area contributed by atoms with Gasteiger partial charge in [0.25, 0.3) is 0 Å². The number of amides is 1. The van der Waals surface area contributed by atoms with E-state index < -0.39 is 0 Å². The maximum Gasteiger partial charge on any atom is 0.244 e. The van der Waals surface area contributed by atoms with Crippen molar-refractivity contribution in [3.63, 3.8) is 0 Å². The highest BCUT2D eigenvalue weighted by Crippen LogP contribution is 2.29. The number of hydrogen-bond acceptors (Lipinski definition) is 3. The third-order valence-electron chi connectivity index (χ3n) is 4.64. The van der Waals surface area contributed by atoms with Gasteiger partial charge >= 0.3 is 0 Å². The summed E-state index contributed by atoms with van der Waals surface area (Å²) in [7, 11) is 0. The summed E-state index contributed by atoms with van der Waals surface area (Å²) in [6, 6.07) is 24.9. The fourth-order valence-corrected chi connectivity index (χ4v) is 3.32. The molecule has 5 nitrogen and oxygen atoms in total. The van der Waals surface area contributed by atoms with Crippen molar-refractivity contribution in [3.05, 3.63) is 84.7 Å². The summed E-state index contributed by atoms with van der Waals surface area (Å²) in [4.78, 5) is 17.6. The van der Waals surface area contributed by atoms with Crippen LogP contribution in [0.3, 0.4) is 0 Å². The van der Waals surface area contributed by atoms with Crippen LogP contribution in [-0.2, 0) is 17.8 Å². The fraction of sp³-hybridized carbons (Fsp3) is 0.167. The zero-order chi connectivity index (χ0) is 20.1. The summed E-state index contributed by atoms with van der Waals surface area (Å²) < 4.78 is 7.94. The molecule has 0 radical (unpaired) electrons. The van der Waals surface area contributed by atoms with Crippen LogP contribution in [0.1, 0.15) is 19.2 Å². The molecule has 3 aromatic carbocycles. The molecule has 0 unspecified atom stereocenters. The normalized spacial score (nSPS) is 10.8. The van der Waals surface area contributed by atoms with Crippen molar-refractivity contribution in [3.8, 4) is 11.5 Å². The minimum absolute atomic E-state index is 0.116. The van der Waals surface area contributed by atoms with E-state index in [0.29, 0.717) is 11.4 Å². The number of hydrogen-bond donors (Lipinski definition) is 1. The molecule has 1 amide bonds. The lowest BCUT2D eigenvalue weighted by atomic mass is 10.2. The minimum Gasteiger partial charge on any atom is -0.455 e. The van der Waals surface area contributed by atoms with Crippen LogP contribution in [0, 0.1) is 0 Å². The molecule has 1 heterocycles. The summed E-state index contributed by atoms with van der Waals surface area (Å²) in [5, 5.41) is 2.99. The molecule has 0 atom stereocenters. The number of aromatic nitrogens is 2. The summed E-state index contributed by atoms with van der Waals surface area (Å²) in [5.74, 6) is 2.14. The van der Waals surface area contributed by atoms with Gasteiger partial charge in [0.2, 0.25) is 5.91 Å². The van der Waals surface area contributed by atoms with Crippen molar-refractivity contribution in [2.45, 2.75) is 26.3 Å². The van der Waals surface area contributed by atoms with Crippen LogP contribution < -0.4 is 10.1 Å². The van der Waals surface area contributed by atoms with Crippen LogP contribution in [0.15, 0.2) is 78.9 Å². The standard InChI is InChI=1S/C24H23N3O2/c1-2-10-23-25-19-13-6-8-15-21(19)27(23)17-24(28)26-20-14-7-9-16-22(20)29-18-11-4-3-5-12-18/h3-9,11-16H,2,10,17H2,1H3,(H,26,28). The lowest BCUT2D eigenvalue weighted by Gasteiger charge is -2.13. The Labute approximate surface area is 170 Å². The van der Waals surface area contributed by atoms with Crippen molar-refractivity contribution in [1.82, 2.24) is 9.55 Å². The highest BCUT2D eigenvalue weighted by atomic mass is 16.5. The average molecular weight is 385 g/mol. The van der Waals surface area contributed by atoms with Gasteiger partial charge in [-0.2, -0.15) is 0 Å². The van der Waals surface area contributed by atoms with Crippen LogP contribution in [0.2, 0.25) is 0 Å². The van der Waals surface area contributed by atoms with Gasteiger partial charge in [0.1, 0.15) is 18.1 Å². The molecule has 29 heavy (non-hydrogen) atoms. The van der Waals surface area contributed by atoms with Crippen LogP contribution in [0.5, 0.6) is 11.5 Å². The molecule has 0 aliphatic rings. The lowest BCUT2D eigenvalue weighted by Crippen LogP contribution is -2.20. The van der Waals surface area contributed by atoms with Gasteiger partial charge in [0.05, 0.1) is 16.7 Å². The molecule has 0 bridgehead atoms. The molecule has 1 aromatic heterocycles. The molecule has 4 aromatic rings. The molecule has 1 N–H and O–H groups in total. The topological polar surface area (TPSA) is 56.2 Å². The quantitative estimate of drug-likeness (QED) is 0.462. The molecular formula is C24H23N3O2. The van der Waals surface area contributed by atoms with E-state index in [1.807, 2.05) is 83.4 Å². The first-order valence-corrected chi connectivity index (χ1v) is 9.80. The molecule has 0 saturated carbocycles. The van der Waals surface area contributed by atoms with Crippen LogP contribution >= 0.6 is 0 Å². The van der Waals surface area contributed by atoms with Crippen molar-refractivity contribution < 1.29 is 9.53 Å². The minimum atomic E-state index is -0.116. The second-order valence-corrected chi connectivity index (χ2v) is 6.81. The number of carbonyl (C=O) groups is 1. The first-order chi connectivity index (χ1) is 14.2. The van der Waals surface area contributed by atoms with Gasteiger partial charge in [-0.1, -0.05) is 49.4 Å². The Balaban J connectivity index is 1.55. The van der Waals surface area contributed by atoms with Crippen molar-refractivity contribution in [2.75, 3.05) is 5.32 Å². The van der Waals surface area contributed by atoms with Crippen LogP contribution in [-0.4, -0.2) is 15.5 Å². The summed E-state index contributed by atoms with van der Waals surface area (Å²) >= 11 is 0. The number of fused-ring (bicyclic) bond motifs is 1. The number of carbonyl (C=O) groups excluding carboxylic acids is 1. The number of ether oxygens (including phenoxy) is 1. The summed E-state index contributed by atoms with van der Waals surface area (Å²) in [6.45, 7) is 2.32. The van der Waals surface area contributed by atoms with Gasteiger partial charge in [0.15, 0.2) is 5.75 Å². The van der Waals surface area contributed by atoms with Gasteiger partial charge < -0.3 is 14.6 Å². The number of anilines is 1. The van der Waals surface area contributed by atoms with Gasteiger partial charge in [0, 0.05) is 6.42 Å². The van der Waals surface area contributed by atoms with E-state index in [2.05, 4.69) is 12.2 Å². The van der Waals surface area contributed by atoms with E-state index in [1.165, 1.54) is 0 Å². The zero-order valence-corrected chi connectivity index (χ0v) is 16.3. The number of aryl methyl sites for hydroxylation is 1. The zero-order valence-electron chi connectivity index (χ0n) is 16.3.